The van der Waals surface area contributed by atoms with Crippen molar-refractivity contribution in [2.24, 2.45) is 5.92 Å². The van der Waals surface area contributed by atoms with Crippen molar-refractivity contribution in [3.8, 4) is 5.75 Å². The van der Waals surface area contributed by atoms with E-state index in [-0.39, 0.29) is 25.2 Å². The molecule has 0 unspecified atom stereocenters. The van der Waals surface area contributed by atoms with Gasteiger partial charge in [0.15, 0.2) is 6.61 Å². The van der Waals surface area contributed by atoms with Gasteiger partial charge in [0.25, 0.3) is 0 Å². The van der Waals surface area contributed by atoms with E-state index in [0.717, 1.165) is 25.2 Å². The fourth-order valence-electron chi connectivity index (χ4n) is 3.79. The van der Waals surface area contributed by atoms with Gasteiger partial charge in [0, 0.05) is 12.8 Å². The first-order valence-corrected chi connectivity index (χ1v) is 14.4. The molecule has 0 aromatic heterocycles. The quantitative estimate of drug-likeness (QED) is 0.0844. The lowest BCUT2D eigenvalue weighted by Crippen LogP contribution is -2.14. The average Bonchev–Trinajstić information content (AvgIpc) is 2.99. The van der Waals surface area contributed by atoms with Crippen LogP contribution in [0.4, 0.5) is 0 Å². The molecule has 7 heteroatoms. The van der Waals surface area contributed by atoms with Gasteiger partial charge in [-0.15, -0.1) is 0 Å². The summed E-state index contributed by atoms with van der Waals surface area (Å²) in [7, 11) is 0. The number of carbonyl (C=O) groups excluding carboxylic acids is 3. The van der Waals surface area contributed by atoms with Crippen LogP contribution in [0.1, 0.15) is 84.0 Å². The van der Waals surface area contributed by atoms with Gasteiger partial charge in [-0.3, -0.25) is 9.59 Å². The smallest absolute Gasteiger partial charge is 0.344 e. The van der Waals surface area contributed by atoms with Crippen LogP contribution < -0.4 is 4.74 Å². The highest BCUT2D eigenvalue weighted by atomic mass is 16.6. The lowest BCUT2D eigenvalue weighted by Gasteiger charge is -2.20. The molecule has 0 saturated heterocycles. The SMILES string of the molecule is C=CCOC(=O)CCC1CCCCC1.C=CCOC(=O)CCCCCC.C=CCOC(=O)COc1ccccc1. The maximum absolute atomic E-state index is 11.2. The normalized spacial score (nSPS) is 12.2. The minimum atomic E-state index is -0.395. The van der Waals surface area contributed by atoms with Gasteiger partial charge in [-0.1, -0.05) is 114 Å². The average molecular weight is 559 g/mol. The van der Waals surface area contributed by atoms with Gasteiger partial charge in [-0.25, -0.2) is 4.79 Å². The number of hydrogen-bond donors (Lipinski definition) is 0. The fourth-order valence-corrected chi connectivity index (χ4v) is 3.79. The first-order valence-electron chi connectivity index (χ1n) is 14.4. The highest BCUT2D eigenvalue weighted by Gasteiger charge is 2.15. The third kappa shape index (κ3) is 23.7. The van der Waals surface area contributed by atoms with Crippen LogP contribution in [0.25, 0.3) is 0 Å². The molecule has 0 bridgehead atoms. The zero-order valence-corrected chi connectivity index (χ0v) is 24.5. The summed E-state index contributed by atoms with van der Waals surface area (Å²) >= 11 is 0. The van der Waals surface area contributed by atoms with E-state index in [0.29, 0.717) is 31.8 Å². The minimum Gasteiger partial charge on any atom is -0.482 e. The van der Waals surface area contributed by atoms with Crippen molar-refractivity contribution >= 4 is 17.9 Å². The van der Waals surface area contributed by atoms with Crippen LogP contribution in [0.3, 0.4) is 0 Å². The van der Waals surface area contributed by atoms with Crippen molar-refractivity contribution in [3.63, 3.8) is 0 Å². The van der Waals surface area contributed by atoms with Gasteiger partial charge < -0.3 is 18.9 Å². The van der Waals surface area contributed by atoms with E-state index in [1.807, 2.05) is 18.2 Å². The lowest BCUT2D eigenvalue weighted by atomic mass is 9.86. The number of benzene rings is 1. The second-order valence-corrected chi connectivity index (χ2v) is 9.37. The van der Waals surface area contributed by atoms with Gasteiger partial charge in [0.05, 0.1) is 0 Å². The van der Waals surface area contributed by atoms with E-state index in [4.69, 9.17) is 18.9 Å². The molecular weight excluding hydrogens is 508 g/mol. The Morgan fingerprint density at radius 1 is 0.750 bits per heavy atom. The van der Waals surface area contributed by atoms with Crippen molar-refractivity contribution < 1.29 is 33.3 Å². The number of carbonyl (C=O) groups is 3. The second kappa shape index (κ2) is 27.2. The third-order valence-electron chi connectivity index (χ3n) is 5.90. The maximum atomic E-state index is 11.2. The number of para-hydroxylation sites is 1. The monoisotopic (exact) mass is 558 g/mol. The largest absolute Gasteiger partial charge is 0.482 e. The van der Waals surface area contributed by atoms with E-state index in [9.17, 15) is 14.4 Å². The molecule has 2 rings (SSSR count). The number of rotatable bonds is 17. The highest BCUT2D eigenvalue weighted by molar-refractivity contribution is 5.71. The third-order valence-corrected chi connectivity index (χ3v) is 5.90. The summed E-state index contributed by atoms with van der Waals surface area (Å²) in [4.78, 5) is 33.0. The Morgan fingerprint density at radius 3 is 1.85 bits per heavy atom. The van der Waals surface area contributed by atoms with Crippen molar-refractivity contribution in [3.05, 3.63) is 68.3 Å². The van der Waals surface area contributed by atoms with E-state index >= 15 is 0 Å². The summed E-state index contributed by atoms with van der Waals surface area (Å²) in [6.45, 7) is 13.4. The van der Waals surface area contributed by atoms with Crippen LogP contribution in [-0.2, 0) is 28.6 Å². The summed E-state index contributed by atoms with van der Waals surface area (Å²) in [5.74, 6) is 0.846. The van der Waals surface area contributed by atoms with E-state index in [1.54, 1.807) is 24.3 Å². The first-order chi connectivity index (χ1) is 19.5. The molecule has 1 aliphatic rings. The Morgan fingerprint density at radius 2 is 1.30 bits per heavy atom. The topological polar surface area (TPSA) is 88.1 Å². The molecule has 1 fully saturated rings. The molecule has 0 aliphatic heterocycles. The molecule has 0 heterocycles. The Balaban J connectivity index is 0.000000573. The summed E-state index contributed by atoms with van der Waals surface area (Å²) < 4.78 is 19.6. The summed E-state index contributed by atoms with van der Waals surface area (Å²) in [5, 5.41) is 0. The molecule has 40 heavy (non-hydrogen) atoms. The standard InChI is InChI=1S/C12H20O2.C11H12O3.C10H18O2/c1-2-10-14-12(13)9-8-11-6-4-3-5-7-11;1-2-8-13-11(12)9-14-10-6-4-3-5-7-10;1-3-5-6-7-8-10(11)12-9-4-2/h2,11H,1,3-10H2;2-7H,1,8-9H2;4H,2-3,5-9H2,1H3. The predicted octanol–water partition coefficient (Wildman–Crippen LogP) is 7.56. The molecule has 0 atom stereocenters. The Kier molecular flexibility index (Phi) is 24.9. The molecular formula is C33H50O7. The van der Waals surface area contributed by atoms with Gasteiger partial charge in [-0.05, 0) is 30.9 Å². The van der Waals surface area contributed by atoms with E-state index in [2.05, 4.69) is 26.7 Å². The number of unbranched alkanes of at least 4 members (excludes halogenated alkanes) is 3. The zero-order chi connectivity index (χ0) is 29.7. The van der Waals surface area contributed by atoms with Gasteiger partial charge in [-0.2, -0.15) is 0 Å². The molecule has 1 aromatic carbocycles. The molecule has 224 valence electrons. The molecule has 0 amide bonds. The van der Waals surface area contributed by atoms with Crippen molar-refractivity contribution in [1.29, 1.82) is 0 Å². The fraction of sp³-hybridized carbons (Fsp3) is 0.545. The van der Waals surface area contributed by atoms with Crippen LogP contribution >= 0.6 is 0 Å². The summed E-state index contributed by atoms with van der Waals surface area (Å²) in [5.41, 5.74) is 0. The molecule has 0 spiro atoms. The Bertz CT molecular complexity index is 813. The van der Waals surface area contributed by atoms with E-state index < -0.39 is 5.97 Å². The molecule has 0 radical (unpaired) electrons. The Hall–Kier alpha value is -3.35. The van der Waals surface area contributed by atoms with Crippen LogP contribution in [0, 0.1) is 5.92 Å². The maximum Gasteiger partial charge on any atom is 0.344 e. The summed E-state index contributed by atoms with van der Waals surface area (Å²) in [6.07, 6.45) is 18.0. The van der Waals surface area contributed by atoms with Gasteiger partial charge >= 0.3 is 17.9 Å². The van der Waals surface area contributed by atoms with E-state index in [1.165, 1.54) is 51.0 Å². The predicted molar refractivity (Wildman–Crippen MR) is 160 cm³/mol. The lowest BCUT2D eigenvalue weighted by molar-refractivity contribution is -0.145. The van der Waals surface area contributed by atoms with Gasteiger partial charge in [0.1, 0.15) is 25.6 Å². The van der Waals surface area contributed by atoms with Crippen LogP contribution in [-0.4, -0.2) is 44.3 Å². The number of ether oxygens (including phenoxy) is 4. The Labute approximate surface area is 241 Å². The van der Waals surface area contributed by atoms with Crippen LogP contribution in [0.15, 0.2) is 68.3 Å². The van der Waals surface area contributed by atoms with Crippen molar-refractivity contribution in [2.75, 3.05) is 26.4 Å². The van der Waals surface area contributed by atoms with Gasteiger partial charge in [0.2, 0.25) is 0 Å². The summed E-state index contributed by atoms with van der Waals surface area (Å²) in [6, 6.07) is 9.11. The second-order valence-electron chi connectivity index (χ2n) is 9.37. The van der Waals surface area contributed by atoms with Crippen molar-refractivity contribution in [1.82, 2.24) is 0 Å². The molecule has 1 saturated carbocycles. The van der Waals surface area contributed by atoms with Crippen LogP contribution in [0.2, 0.25) is 0 Å². The molecule has 1 aromatic rings. The van der Waals surface area contributed by atoms with Crippen LogP contribution in [0.5, 0.6) is 5.75 Å². The number of hydrogen-bond acceptors (Lipinski definition) is 7. The first kappa shape index (κ1) is 36.6. The number of esters is 3. The minimum absolute atomic E-state index is 0.0716. The highest BCUT2D eigenvalue weighted by Crippen LogP contribution is 2.27. The molecule has 1 aliphatic carbocycles. The zero-order valence-electron chi connectivity index (χ0n) is 24.5. The van der Waals surface area contributed by atoms with Crippen molar-refractivity contribution in [2.45, 2.75) is 84.0 Å². The molecule has 0 N–H and O–H groups in total. The molecule has 7 nitrogen and oxygen atoms in total.